The number of nitrogens with zero attached hydrogens (tertiary/aromatic N) is 1. The first-order valence-corrected chi connectivity index (χ1v) is 8.41. The first-order valence-electron chi connectivity index (χ1n) is 8.41. The van der Waals surface area contributed by atoms with E-state index in [1.54, 1.807) is 0 Å². The average Bonchev–Trinajstić information content (AvgIpc) is 2.86. The second-order valence-corrected chi connectivity index (χ2v) is 6.30. The monoisotopic (exact) mass is 343 g/mol. The van der Waals surface area contributed by atoms with Crippen molar-refractivity contribution >= 4 is 17.8 Å². The van der Waals surface area contributed by atoms with Gasteiger partial charge in [0.05, 0.1) is 11.8 Å². The lowest BCUT2D eigenvalue weighted by Gasteiger charge is -2.14. The Bertz CT molecular complexity index is 668. The highest BCUT2D eigenvalue weighted by Crippen LogP contribution is 2.34. The van der Waals surface area contributed by atoms with E-state index in [1.807, 2.05) is 43.3 Å². The van der Waals surface area contributed by atoms with E-state index in [0.717, 1.165) is 10.5 Å². The second-order valence-electron chi connectivity index (χ2n) is 6.30. The van der Waals surface area contributed by atoms with Gasteiger partial charge in [0.1, 0.15) is 25.5 Å². The van der Waals surface area contributed by atoms with Gasteiger partial charge in [0.25, 0.3) is 0 Å². The lowest BCUT2D eigenvalue weighted by molar-refractivity contribution is -0.153. The number of carbonyl (C=O) groups excluding carboxylic acids is 3. The molecule has 6 heteroatoms. The highest BCUT2D eigenvalue weighted by molar-refractivity contribution is 6.07. The molecule has 2 aliphatic rings. The molecule has 0 unspecified atom stereocenters. The number of carbonyl (C=O) groups is 3. The minimum atomic E-state index is -0.596. The van der Waals surface area contributed by atoms with Crippen LogP contribution in [0.2, 0.25) is 0 Å². The molecule has 1 saturated heterocycles. The van der Waals surface area contributed by atoms with Crippen molar-refractivity contribution in [2.75, 3.05) is 19.8 Å². The van der Waals surface area contributed by atoms with E-state index in [1.165, 1.54) is 0 Å². The van der Waals surface area contributed by atoms with Gasteiger partial charge in [0.15, 0.2) is 0 Å². The fourth-order valence-electron chi connectivity index (χ4n) is 3.15. The van der Waals surface area contributed by atoms with Crippen molar-refractivity contribution in [1.82, 2.24) is 4.90 Å². The zero-order valence-corrected chi connectivity index (χ0v) is 14.1. The predicted octanol–water partition coefficient (Wildman–Crippen LogP) is 1.87. The Hall–Kier alpha value is -2.63. The van der Waals surface area contributed by atoms with Gasteiger partial charge in [0.2, 0.25) is 11.8 Å². The number of esters is 1. The molecular formula is C19H21NO5. The molecule has 1 heterocycles. The lowest BCUT2D eigenvalue weighted by atomic mass is 9.85. The van der Waals surface area contributed by atoms with Gasteiger partial charge < -0.3 is 9.47 Å². The normalized spacial score (nSPS) is 22.0. The first-order chi connectivity index (χ1) is 12.1. The van der Waals surface area contributed by atoms with Gasteiger partial charge in [0, 0.05) is 0 Å². The largest absolute Gasteiger partial charge is 0.490 e. The summed E-state index contributed by atoms with van der Waals surface area (Å²) < 4.78 is 10.5. The number of allylic oxidation sites excluding steroid dienone is 2. The van der Waals surface area contributed by atoms with E-state index >= 15 is 0 Å². The topological polar surface area (TPSA) is 72.9 Å². The summed E-state index contributed by atoms with van der Waals surface area (Å²) in [5, 5.41) is 0. The molecule has 2 amide bonds. The summed E-state index contributed by atoms with van der Waals surface area (Å²) in [4.78, 5) is 37.5. The zero-order valence-electron chi connectivity index (χ0n) is 14.1. The fourth-order valence-corrected chi connectivity index (χ4v) is 3.15. The number of likely N-dealkylation sites (tertiary alicyclic amines) is 1. The van der Waals surface area contributed by atoms with Crippen LogP contribution >= 0.6 is 0 Å². The molecule has 25 heavy (non-hydrogen) atoms. The molecular weight excluding hydrogens is 322 g/mol. The van der Waals surface area contributed by atoms with Gasteiger partial charge in [-0.25, -0.2) is 0 Å². The molecule has 1 fully saturated rings. The third-order valence-corrected chi connectivity index (χ3v) is 4.52. The third-order valence-electron chi connectivity index (χ3n) is 4.52. The van der Waals surface area contributed by atoms with Crippen LogP contribution < -0.4 is 4.74 Å². The molecule has 1 aromatic rings. The van der Waals surface area contributed by atoms with Gasteiger partial charge in [-0.1, -0.05) is 29.8 Å². The Kier molecular flexibility index (Phi) is 5.16. The van der Waals surface area contributed by atoms with E-state index in [2.05, 4.69) is 0 Å². The fraction of sp³-hybridized carbons (Fsp3) is 0.421. The standard InChI is InChI=1S/C19H21NO5/c1-13-6-8-14(9-7-13)24-10-11-25-17(21)12-20-18(22)15-4-2-3-5-16(15)19(20)23/h2-3,6-9,15-16H,4-5,10-12H2,1H3/t15-,16-/m1/s1. The summed E-state index contributed by atoms with van der Waals surface area (Å²) in [5.41, 5.74) is 1.13. The molecule has 2 atom stereocenters. The van der Waals surface area contributed by atoms with Crippen molar-refractivity contribution in [2.24, 2.45) is 11.8 Å². The van der Waals surface area contributed by atoms with Crippen LogP contribution in [0.5, 0.6) is 5.75 Å². The number of rotatable bonds is 6. The second kappa shape index (κ2) is 7.51. The molecule has 0 bridgehead atoms. The number of hydrogen-bond acceptors (Lipinski definition) is 5. The van der Waals surface area contributed by atoms with Crippen LogP contribution in [0.3, 0.4) is 0 Å². The van der Waals surface area contributed by atoms with E-state index in [0.29, 0.717) is 18.6 Å². The van der Waals surface area contributed by atoms with Crippen molar-refractivity contribution in [3.05, 3.63) is 42.0 Å². The summed E-state index contributed by atoms with van der Waals surface area (Å²) in [6.07, 6.45) is 4.95. The van der Waals surface area contributed by atoms with E-state index in [9.17, 15) is 14.4 Å². The summed E-state index contributed by atoms with van der Waals surface area (Å²) in [7, 11) is 0. The van der Waals surface area contributed by atoms with Gasteiger partial charge in [-0.15, -0.1) is 0 Å². The van der Waals surface area contributed by atoms with Crippen molar-refractivity contribution in [3.63, 3.8) is 0 Å². The maximum Gasteiger partial charge on any atom is 0.326 e. The van der Waals surface area contributed by atoms with E-state index < -0.39 is 5.97 Å². The Morgan fingerprint density at radius 3 is 2.24 bits per heavy atom. The van der Waals surface area contributed by atoms with E-state index in [4.69, 9.17) is 9.47 Å². The van der Waals surface area contributed by atoms with Gasteiger partial charge in [-0.05, 0) is 31.9 Å². The maximum absolute atomic E-state index is 12.3. The van der Waals surface area contributed by atoms with Crippen LogP contribution in [0.1, 0.15) is 18.4 Å². The Morgan fingerprint density at radius 1 is 1.04 bits per heavy atom. The molecule has 0 radical (unpaired) electrons. The van der Waals surface area contributed by atoms with Crippen molar-refractivity contribution in [2.45, 2.75) is 19.8 Å². The Morgan fingerprint density at radius 2 is 1.64 bits per heavy atom. The highest BCUT2D eigenvalue weighted by Gasteiger charge is 2.47. The number of aryl methyl sites for hydroxylation is 1. The number of benzene rings is 1. The number of hydrogen-bond donors (Lipinski definition) is 0. The van der Waals surface area contributed by atoms with Crippen LogP contribution in [0.15, 0.2) is 36.4 Å². The SMILES string of the molecule is Cc1ccc(OCCOC(=O)CN2C(=O)[C@@H]3CC=CC[C@H]3C2=O)cc1. The minimum absolute atomic E-state index is 0.0668. The number of ether oxygens (including phenoxy) is 2. The van der Waals surface area contributed by atoms with Gasteiger partial charge >= 0.3 is 5.97 Å². The number of imide groups is 1. The lowest BCUT2D eigenvalue weighted by Crippen LogP contribution is -2.37. The zero-order chi connectivity index (χ0) is 17.8. The predicted molar refractivity (Wildman–Crippen MR) is 89.7 cm³/mol. The molecule has 132 valence electrons. The van der Waals surface area contributed by atoms with Crippen molar-refractivity contribution < 1.29 is 23.9 Å². The maximum atomic E-state index is 12.3. The van der Waals surface area contributed by atoms with Crippen LogP contribution in [-0.4, -0.2) is 42.4 Å². The summed E-state index contributed by atoms with van der Waals surface area (Å²) in [6, 6.07) is 7.55. The molecule has 6 nitrogen and oxygen atoms in total. The first kappa shape index (κ1) is 17.2. The van der Waals surface area contributed by atoms with Crippen LogP contribution in [-0.2, 0) is 19.1 Å². The van der Waals surface area contributed by atoms with E-state index in [-0.39, 0.29) is 43.4 Å². The molecule has 0 N–H and O–H groups in total. The average molecular weight is 343 g/mol. The Labute approximate surface area is 146 Å². The van der Waals surface area contributed by atoms with Crippen molar-refractivity contribution in [1.29, 1.82) is 0 Å². The molecule has 0 saturated carbocycles. The number of amides is 2. The molecule has 0 aromatic heterocycles. The van der Waals surface area contributed by atoms with Crippen LogP contribution in [0.4, 0.5) is 0 Å². The summed E-state index contributed by atoms with van der Waals surface area (Å²) >= 11 is 0. The molecule has 1 aliphatic heterocycles. The number of fused-ring (bicyclic) bond motifs is 1. The molecule has 0 spiro atoms. The minimum Gasteiger partial charge on any atom is -0.490 e. The quantitative estimate of drug-likeness (QED) is 0.341. The smallest absolute Gasteiger partial charge is 0.326 e. The third kappa shape index (κ3) is 3.90. The van der Waals surface area contributed by atoms with Crippen molar-refractivity contribution in [3.8, 4) is 5.75 Å². The van der Waals surface area contributed by atoms with Crippen LogP contribution in [0.25, 0.3) is 0 Å². The van der Waals surface area contributed by atoms with Gasteiger partial charge in [-0.3, -0.25) is 19.3 Å². The molecule has 1 aliphatic carbocycles. The molecule has 3 rings (SSSR count). The summed E-state index contributed by atoms with van der Waals surface area (Å²) in [5.74, 6) is -1.09. The van der Waals surface area contributed by atoms with Crippen LogP contribution in [0, 0.1) is 18.8 Å². The molecule has 1 aromatic carbocycles. The summed E-state index contributed by atoms with van der Waals surface area (Å²) in [6.45, 7) is 1.94. The highest BCUT2D eigenvalue weighted by atomic mass is 16.6. The van der Waals surface area contributed by atoms with Gasteiger partial charge in [-0.2, -0.15) is 0 Å². The Balaban J connectivity index is 1.42.